The number of halogens is 1. The Bertz CT molecular complexity index is 1000. The fourth-order valence-electron chi connectivity index (χ4n) is 3.99. The summed E-state index contributed by atoms with van der Waals surface area (Å²) in [6.45, 7) is 1.03. The van der Waals surface area contributed by atoms with Gasteiger partial charge >= 0.3 is 0 Å². The number of piperazine rings is 1. The van der Waals surface area contributed by atoms with Gasteiger partial charge in [0.05, 0.1) is 16.7 Å². The first kappa shape index (κ1) is 22.2. The molecule has 1 aliphatic carbocycles. The van der Waals surface area contributed by atoms with Gasteiger partial charge in [0, 0.05) is 26.2 Å². The average molecular weight is 469 g/mol. The summed E-state index contributed by atoms with van der Waals surface area (Å²) in [4.78, 5) is 14.4. The SMILES string of the molecule is O=C(CSc1nnnn1C1CCCCC1)N1CCN(S(=O)(=O)c2ccc(F)cc2)CC1. The summed E-state index contributed by atoms with van der Waals surface area (Å²) < 4.78 is 41.7. The monoisotopic (exact) mass is 468 g/mol. The Labute approximate surface area is 185 Å². The Morgan fingerprint density at radius 2 is 1.74 bits per heavy atom. The molecule has 1 aromatic carbocycles. The van der Waals surface area contributed by atoms with Gasteiger partial charge in [-0.1, -0.05) is 31.0 Å². The minimum absolute atomic E-state index is 0.0544. The minimum Gasteiger partial charge on any atom is -0.339 e. The molecule has 1 saturated carbocycles. The molecule has 0 unspecified atom stereocenters. The van der Waals surface area contributed by atoms with Crippen molar-refractivity contribution < 1.29 is 17.6 Å². The van der Waals surface area contributed by atoms with Gasteiger partial charge in [-0.15, -0.1) is 5.10 Å². The first-order valence-electron chi connectivity index (χ1n) is 10.4. The van der Waals surface area contributed by atoms with Crippen molar-refractivity contribution in [3.8, 4) is 0 Å². The van der Waals surface area contributed by atoms with E-state index in [1.807, 2.05) is 4.68 Å². The summed E-state index contributed by atoms with van der Waals surface area (Å²) in [6.07, 6.45) is 5.67. The zero-order chi connectivity index (χ0) is 21.8. The van der Waals surface area contributed by atoms with Crippen LogP contribution >= 0.6 is 11.8 Å². The van der Waals surface area contributed by atoms with Gasteiger partial charge in [-0.2, -0.15) is 4.31 Å². The number of hydrogen-bond acceptors (Lipinski definition) is 7. The Morgan fingerprint density at radius 3 is 2.42 bits per heavy atom. The number of thioether (sulfide) groups is 1. The van der Waals surface area contributed by atoms with E-state index >= 15 is 0 Å². The van der Waals surface area contributed by atoms with Gasteiger partial charge in [0.15, 0.2) is 0 Å². The Hall–Kier alpha value is -2.05. The third-order valence-corrected chi connectivity index (χ3v) is 8.58. The van der Waals surface area contributed by atoms with Gasteiger partial charge in [-0.05, 0) is 47.5 Å². The molecule has 9 nitrogen and oxygen atoms in total. The second-order valence-electron chi connectivity index (χ2n) is 7.73. The molecule has 1 aromatic heterocycles. The number of rotatable bonds is 6. The Kier molecular flexibility index (Phi) is 6.87. The topological polar surface area (TPSA) is 101 Å². The van der Waals surface area contributed by atoms with Gasteiger partial charge in [0.1, 0.15) is 5.82 Å². The van der Waals surface area contributed by atoms with Crippen LogP contribution in [0.25, 0.3) is 0 Å². The van der Waals surface area contributed by atoms with Crippen LogP contribution in [0.15, 0.2) is 34.3 Å². The normalized spacial score (nSPS) is 18.9. The van der Waals surface area contributed by atoms with Crippen LogP contribution < -0.4 is 0 Å². The molecule has 12 heteroatoms. The standard InChI is InChI=1S/C19H25FN6O3S2/c20-15-6-8-17(9-7-15)31(28,29)25-12-10-24(11-13-25)18(27)14-30-19-21-22-23-26(19)16-4-2-1-3-5-16/h6-9,16H,1-5,10-14H2. The van der Waals surface area contributed by atoms with E-state index in [1.54, 1.807) is 4.90 Å². The highest BCUT2D eigenvalue weighted by Gasteiger charge is 2.30. The van der Waals surface area contributed by atoms with E-state index in [0.29, 0.717) is 24.3 Å². The predicted molar refractivity (Wildman–Crippen MR) is 112 cm³/mol. The molecule has 0 spiro atoms. The molecule has 168 valence electrons. The summed E-state index contributed by atoms with van der Waals surface area (Å²) in [7, 11) is -3.70. The van der Waals surface area contributed by atoms with Crippen molar-refractivity contribution in [2.24, 2.45) is 0 Å². The van der Waals surface area contributed by atoms with Crippen LogP contribution in [0, 0.1) is 5.82 Å². The highest BCUT2D eigenvalue weighted by Crippen LogP contribution is 2.30. The third-order valence-electron chi connectivity index (χ3n) is 5.75. The van der Waals surface area contributed by atoms with E-state index < -0.39 is 15.8 Å². The molecule has 4 rings (SSSR count). The molecule has 1 amide bonds. The van der Waals surface area contributed by atoms with E-state index in [4.69, 9.17) is 0 Å². The van der Waals surface area contributed by atoms with E-state index in [-0.39, 0.29) is 29.6 Å². The summed E-state index contributed by atoms with van der Waals surface area (Å²) in [5.41, 5.74) is 0. The van der Waals surface area contributed by atoms with E-state index in [9.17, 15) is 17.6 Å². The molecular weight excluding hydrogens is 443 g/mol. The van der Waals surface area contributed by atoms with Crippen molar-refractivity contribution in [1.82, 2.24) is 29.4 Å². The molecule has 31 heavy (non-hydrogen) atoms. The smallest absolute Gasteiger partial charge is 0.243 e. The Balaban J connectivity index is 1.30. The van der Waals surface area contributed by atoms with Gasteiger partial charge in [-0.3, -0.25) is 4.79 Å². The lowest BCUT2D eigenvalue weighted by Crippen LogP contribution is -2.51. The second-order valence-corrected chi connectivity index (χ2v) is 10.6. The van der Waals surface area contributed by atoms with E-state index in [0.717, 1.165) is 25.0 Å². The lowest BCUT2D eigenvalue weighted by Gasteiger charge is -2.34. The van der Waals surface area contributed by atoms with Crippen LogP contribution in [0.1, 0.15) is 38.1 Å². The first-order chi connectivity index (χ1) is 14.9. The molecule has 1 saturated heterocycles. The molecular formula is C19H25FN6O3S2. The van der Waals surface area contributed by atoms with Crippen LogP contribution in [0.4, 0.5) is 4.39 Å². The number of aromatic nitrogens is 4. The van der Waals surface area contributed by atoms with Crippen molar-refractivity contribution in [3.63, 3.8) is 0 Å². The van der Waals surface area contributed by atoms with Crippen LogP contribution in [-0.4, -0.2) is 75.7 Å². The molecule has 0 radical (unpaired) electrons. The molecule has 2 fully saturated rings. The number of amides is 1. The summed E-state index contributed by atoms with van der Waals surface area (Å²) in [5.74, 6) is -0.346. The van der Waals surface area contributed by atoms with Crippen LogP contribution in [0.5, 0.6) is 0 Å². The zero-order valence-electron chi connectivity index (χ0n) is 17.1. The van der Waals surface area contributed by atoms with Crippen molar-refractivity contribution in [3.05, 3.63) is 30.1 Å². The largest absolute Gasteiger partial charge is 0.339 e. The maximum absolute atomic E-state index is 13.1. The van der Waals surface area contributed by atoms with Crippen LogP contribution in [0.2, 0.25) is 0 Å². The van der Waals surface area contributed by atoms with Crippen molar-refractivity contribution >= 4 is 27.7 Å². The van der Waals surface area contributed by atoms with Crippen LogP contribution in [0.3, 0.4) is 0 Å². The first-order valence-corrected chi connectivity index (χ1v) is 12.8. The number of nitrogens with zero attached hydrogens (tertiary/aromatic N) is 6. The maximum Gasteiger partial charge on any atom is 0.243 e. The molecule has 0 bridgehead atoms. The van der Waals surface area contributed by atoms with Gasteiger partial charge < -0.3 is 4.90 Å². The predicted octanol–water partition coefficient (Wildman–Crippen LogP) is 1.94. The highest BCUT2D eigenvalue weighted by atomic mass is 32.2. The fraction of sp³-hybridized carbons (Fsp3) is 0.579. The summed E-state index contributed by atoms with van der Waals surface area (Å²) in [6, 6.07) is 5.07. The molecule has 1 aliphatic heterocycles. The fourth-order valence-corrected chi connectivity index (χ4v) is 6.26. The summed E-state index contributed by atoms with van der Waals surface area (Å²) >= 11 is 1.32. The van der Waals surface area contributed by atoms with E-state index in [2.05, 4.69) is 15.5 Å². The molecule has 0 atom stereocenters. The van der Waals surface area contributed by atoms with Gasteiger partial charge in [0.2, 0.25) is 21.1 Å². The second kappa shape index (κ2) is 9.61. The Morgan fingerprint density at radius 1 is 1.06 bits per heavy atom. The van der Waals surface area contributed by atoms with Crippen molar-refractivity contribution in [2.45, 2.75) is 48.2 Å². The van der Waals surface area contributed by atoms with Gasteiger partial charge in [0.25, 0.3) is 0 Å². The lowest BCUT2D eigenvalue weighted by molar-refractivity contribution is -0.129. The van der Waals surface area contributed by atoms with E-state index in [1.165, 1.54) is 47.5 Å². The van der Waals surface area contributed by atoms with Crippen molar-refractivity contribution in [2.75, 3.05) is 31.9 Å². The molecule has 0 N–H and O–H groups in total. The minimum atomic E-state index is -3.70. The number of carbonyl (C=O) groups is 1. The third kappa shape index (κ3) is 5.07. The number of benzene rings is 1. The average Bonchev–Trinajstić information content (AvgIpc) is 3.27. The molecule has 2 heterocycles. The number of tetrazole rings is 1. The number of carbonyl (C=O) groups excluding carboxylic acids is 1. The zero-order valence-corrected chi connectivity index (χ0v) is 18.7. The maximum atomic E-state index is 13.1. The lowest BCUT2D eigenvalue weighted by atomic mass is 9.96. The summed E-state index contributed by atoms with van der Waals surface area (Å²) in [5, 5.41) is 12.6. The van der Waals surface area contributed by atoms with Crippen LogP contribution in [-0.2, 0) is 14.8 Å². The molecule has 2 aromatic rings. The highest BCUT2D eigenvalue weighted by molar-refractivity contribution is 7.99. The molecule has 2 aliphatic rings. The van der Waals surface area contributed by atoms with Gasteiger partial charge in [-0.25, -0.2) is 17.5 Å². The quantitative estimate of drug-likeness (QED) is 0.597. The number of hydrogen-bond donors (Lipinski definition) is 0. The number of sulfonamides is 1. The van der Waals surface area contributed by atoms with Crippen molar-refractivity contribution in [1.29, 1.82) is 0 Å².